The molecule has 0 aliphatic carbocycles. The molecule has 1 aromatic carbocycles. The lowest BCUT2D eigenvalue weighted by Crippen LogP contribution is -2.19. The molecule has 8 nitrogen and oxygen atoms in total. The van der Waals surface area contributed by atoms with E-state index in [2.05, 4.69) is 25.9 Å². The van der Waals surface area contributed by atoms with Crippen LogP contribution in [0.2, 0.25) is 0 Å². The zero-order chi connectivity index (χ0) is 16.9. The summed E-state index contributed by atoms with van der Waals surface area (Å²) >= 11 is 1.24. The van der Waals surface area contributed by atoms with Gasteiger partial charge in [-0.3, -0.25) is 14.9 Å². The van der Waals surface area contributed by atoms with Crippen molar-refractivity contribution in [2.75, 3.05) is 12.4 Å². The Balaban J connectivity index is 1.67. The second kappa shape index (κ2) is 7.01. The molecule has 24 heavy (non-hydrogen) atoms. The van der Waals surface area contributed by atoms with Crippen molar-refractivity contribution in [2.24, 2.45) is 0 Å². The van der Waals surface area contributed by atoms with E-state index >= 15 is 0 Å². The van der Waals surface area contributed by atoms with Gasteiger partial charge in [-0.1, -0.05) is 23.4 Å². The van der Waals surface area contributed by atoms with E-state index in [1.54, 1.807) is 19.4 Å². The van der Waals surface area contributed by atoms with Crippen molar-refractivity contribution in [3.05, 3.63) is 53.3 Å². The zero-order valence-corrected chi connectivity index (χ0v) is 13.6. The van der Waals surface area contributed by atoms with Gasteiger partial charge in [0.1, 0.15) is 0 Å². The van der Waals surface area contributed by atoms with Gasteiger partial charge in [-0.25, -0.2) is 9.67 Å². The fourth-order valence-electron chi connectivity index (χ4n) is 1.93. The summed E-state index contributed by atoms with van der Waals surface area (Å²) in [6, 6.07) is 9.37. The summed E-state index contributed by atoms with van der Waals surface area (Å²) in [5.74, 6) is -0.514. The smallest absolute Gasteiger partial charge is 0.279 e. The molecule has 0 bridgehead atoms. The molecule has 0 radical (unpaired) electrons. The third-order valence-electron chi connectivity index (χ3n) is 3.13. The van der Waals surface area contributed by atoms with E-state index < -0.39 is 5.91 Å². The van der Waals surface area contributed by atoms with Gasteiger partial charge in [-0.05, 0) is 12.1 Å². The number of benzene rings is 1. The summed E-state index contributed by atoms with van der Waals surface area (Å²) in [6.45, 7) is 0. The molecule has 2 aromatic heterocycles. The molecule has 0 saturated carbocycles. The lowest BCUT2D eigenvalue weighted by Gasteiger charge is -1.98. The van der Waals surface area contributed by atoms with Gasteiger partial charge in [0.25, 0.3) is 5.91 Å². The van der Waals surface area contributed by atoms with E-state index in [0.717, 1.165) is 10.6 Å². The number of para-hydroxylation sites is 1. The molecule has 0 unspecified atom stereocenters. The average Bonchev–Trinajstić information content (AvgIpc) is 3.25. The topological polar surface area (TPSA) is 102 Å². The number of nitrogens with one attached hydrogen (secondary N) is 2. The molecule has 0 fully saturated rings. The Kier molecular flexibility index (Phi) is 4.62. The Morgan fingerprint density at radius 3 is 2.79 bits per heavy atom. The Morgan fingerprint density at radius 1 is 1.25 bits per heavy atom. The van der Waals surface area contributed by atoms with Crippen LogP contribution in [0.25, 0.3) is 5.69 Å². The third kappa shape index (κ3) is 3.63. The summed E-state index contributed by atoms with van der Waals surface area (Å²) in [5, 5.41) is 13.4. The van der Waals surface area contributed by atoms with E-state index in [9.17, 15) is 9.59 Å². The number of carbonyl (C=O) groups excluding carboxylic acids is 2. The van der Waals surface area contributed by atoms with Gasteiger partial charge < -0.3 is 5.32 Å². The molecule has 2 amide bonds. The summed E-state index contributed by atoms with van der Waals surface area (Å²) in [7, 11) is 1.57. The van der Waals surface area contributed by atoms with Crippen LogP contribution in [0.1, 0.15) is 15.4 Å². The first-order chi connectivity index (χ1) is 11.7. The maximum absolute atomic E-state index is 12.2. The second-order valence-electron chi connectivity index (χ2n) is 4.82. The second-order valence-corrected chi connectivity index (χ2v) is 5.93. The maximum atomic E-state index is 12.2. The highest BCUT2D eigenvalue weighted by atomic mass is 32.1. The van der Waals surface area contributed by atoms with Crippen LogP contribution in [0.5, 0.6) is 0 Å². The quantitative estimate of drug-likeness (QED) is 0.727. The Hall–Kier alpha value is -3.07. The molecule has 3 rings (SSSR count). The van der Waals surface area contributed by atoms with E-state index in [1.165, 1.54) is 16.0 Å². The number of anilines is 1. The van der Waals surface area contributed by atoms with Gasteiger partial charge >= 0.3 is 0 Å². The molecule has 0 atom stereocenters. The third-order valence-corrected chi connectivity index (χ3v) is 4.05. The molecule has 2 heterocycles. The first-order valence-corrected chi connectivity index (χ1v) is 7.92. The van der Waals surface area contributed by atoms with Gasteiger partial charge in [0.05, 0.1) is 18.3 Å². The molecule has 9 heteroatoms. The molecule has 3 aromatic rings. The predicted octanol–water partition coefficient (Wildman–Crippen LogP) is 1.26. The molecule has 2 N–H and O–H groups in total. The molecule has 0 saturated heterocycles. The Morgan fingerprint density at radius 2 is 2.04 bits per heavy atom. The molecule has 0 aliphatic heterocycles. The summed E-state index contributed by atoms with van der Waals surface area (Å²) in [4.78, 5) is 28.4. The Labute approximate surface area is 141 Å². The van der Waals surface area contributed by atoms with Crippen molar-refractivity contribution < 1.29 is 9.59 Å². The SMILES string of the molecule is CNC(=O)Cc1cnc(NC(=O)c2cn(-c3ccccc3)nn2)s1. The molecule has 122 valence electrons. The molecule has 0 aliphatic rings. The van der Waals surface area contributed by atoms with Gasteiger partial charge in [-0.15, -0.1) is 16.4 Å². The highest BCUT2D eigenvalue weighted by Crippen LogP contribution is 2.19. The van der Waals surface area contributed by atoms with Crippen LogP contribution in [0.4, 0.5) is 5.13 Å². The van der Waals surface area contributed by atoms with Crippen molar-refractivity contribution >= 4 is 28.3 Å². The van der Waals surface area contributed by atoms with Crippen LogP contribution in [0.15, 0.2) is 42.7 Å². The van der Waals surface area contributed by atoms with E-state index in [4.69, 9.17) is 0 Å². The van der Waals surface area contributed by atoms with Gasteiger partial charge in [0.15, 0.2) is 10.8 Å². The number of carbonyl (C=O) groups is 2. The van der Waals surface area contributed by atoms with Crippen LogP contribution >= 0.6 is 11.3 Å². The first kappa shape index (κ1) is 15.8. The van der Waals surface area contributed by atoms with Gasteiger partial charge in [0.2, 0.25) is 5.91 Å². The summed E-state index contributed by atoms with van der Waals surface area (Å²) in [6.07, 6.45) is 3.34. The van der Waals surface area contributed by atoms with Crippen molar-refractivity contribution in [2.45, 2.75) is 6.42 Å². The lowest BCUT2D eigenvalue weighted by atomic mass is 10.3. The molecule has 0 spiro atoms. The monoisotopic (exact) mass is 342 g/mol. The van der Waals surface area contributed by atoms with Crippen molar-refractivity contribution in [1.82, 2.24) is 25.3 Å². The number of amides is 2. The summed E-state index contributed by atoms with van der Waals surface area (Å²) < 4.78 is 1.52. The number of rotatable bonds is 5. The van der Waals surface area contributed by atoms with E-state index in [1.807, 2.05) is 30.3 Å². The predicted molar refractivity (Wildman–Crippen MR) is 89.2 cm³/mol. The first-order valence-electron chi connectivity index (χ1n) is 7.10. The fraction of sp³-hybridized carbons (Fsp3) is 0.133. The average molecular weight is 342 g/mol. The van der Waals surface area contributed by atoms with Crippen LogP contribution in [0, 0.1) is 0 Å². The minimum atomic E-state index is -0.405. The normalized spacial score (nSPS) is 10.4. The van der Waals surface area contributed by atoms with Crippen molar-refractivity contribution in [3.63, 3.8) is 0 Å². The number of likely N-dealkylation sites (N-methyl/N-ethyl adjacent to an activating group) is 1. The minimum Gasteiger partial charge on any atom is -0.359 e. The highest BCUT2D eigenvalue weighted by molar-refractivity contribution is 7.15. The van der Waals surface area contributed by atoms with Crippen molar-refractivity contribution in [1.29, 1.82) is 0 Å². The Bertz CT molecular complexity index is 858. The number of hydrogen-bond donors (Lipinski definition) is 2. The van der Waals surface area contributed by atoms with E-state index in [0.29, 0.717) is 5.13 Å². The van der Waals surface area contributed by atoms with Crippen molar-refractivity contribution in [3.8, 4) is 5.69 Å². The molecular formula is C15H14N6O2S. The number of hydrogen-bond acceptors (Lipinski definition) is 6. The summed E-state index contributed by atoms with van der Waals surface area (Å²) in [5.41, 5.74) is 0.994. The number of nitrogens with zero attached hydrogens (tertiary/aromatic N) is 4. The number of thiazole rings is 1. The van der Waals surface area contributed by atoms with Gasteiger partial charge in [-0.2, -0.15) is 0 Å². The van der Waals surface area contributed by atoms with Crippen LogP contribution in [-0.2, 0) is 11.2 Å². The largest absolute Gasteiger partial charge is 0.359 e. The fourth-order valence-corrected chi connectivity index (χ4v) is 2.74. The van der Waals surface area contributed by atoms with Crippen LogP contribution in [0.3, 0.4) is 0 Å². The lowest BCUT2D eigenvalue weighted by molar-refractivity contribution is -0.119. The van der Waals surface area contributed by atoms with E-state index in [-0.39, 0.29) is 18.0 Å². The minimum absolute atomic E-state index is 0.109. The van der Waals surface area contributed by atoms with Gasteiger partial charge in [0, 0.05) is 18.1 Å². The highest BCUT2D eigenvalue weighted by Gasteiger charge is 2.14. The van der Waals surface area contributed by atoms with Crippen LogP contribution in [-0.4, -0.2) is 38.8 Å². The number of aromatic nitrogens is 4. The standard InChI is InChI=1S/C15H14N6O2S/c1-16-13(22)7-11-8-17-15(24-11)18-14(23)12-9-21(20-19-12)10-5-3-2-4-6-10/h2-6,8-9H,7H2,1H3,(H,16,22)(H,17,18,23). The zero-order valence-electron chi connectivity index (χ0n) is 12.8. The van der Waals surface area contributed by atoms with Crippen LogP contribution < -0.4 is 10.6 Å². The molecular weight excluding hydrogens is 328 g/mol. The maximum Gasteiger partial charge on any atom is 0.279 e.